The Hall–Kier alpha value is -9.48. The van der Waals surface area contributed by atoms with Crippen LogP contribution >= 0.6 is 0 Å². The highest BCUT2D eigenvalue weighted by atomic mass is 28.3. The fourth-order valence-corrected chi connectivity index (χ4v) is 18.6. The molecule has 1 aliphatic heterocycles. The van der Waals surface area contributed by atoms with E-state index in [1.807, 2.05) is 12.2 Å². The summed E-state index contributed by atoms with van der Waals surface area (Å²) in [7, 11) is -2.55. The molecule has 0 amide bonds. The maximum Gasteiger partial charge on any atom is 0.175 e. The second-order valence-electron chi connectivity index (χ2n) is 22.0. The Balaban J connectivity index is 0.833. The van der Waals surface area contributed by atoms with E-state index in [1.165, 1.54) is 87.8 Å². The van der Waals surface area contributed by atoms with Gasteiger partial charge in [0.25, 0.3) is 0 Å². The molecule has 0 saturated carbocycles. The van der Waals surface area contributed by atoms with Crippen molar-refractivity contribution in [1.29, 1.82) is 0 Å². The lowest BCUT2D eigenvalue weighted by molar-refractivity contribution is 0.824. The molecule has 3 heterocycles. The van der Waals surface area contributed by atoms with E-state index in [0.717, 1.165) is 60.5 Å². The molecule has 8 aromatic carbocycles. The molecular formula is C78H67N3Si. The minimum atomic E-state index is -2.55. The van der Waals surface area contributed by atoms with Gasteiger partial charge in [0.1, 0.15) is 0 Å². The molecule has 0 radical (unpaired) electrons. The zero-order chi connectivity index (χ0) is 55.6. The summed E-state index contributed by atoms with van der Waals surface area (Å²) in [5, 5.41) is 10.5. The number of aromatic nitrogens is 2. The Morgan fingerprint density at radius 3 is 1.67 bits per heavy atom. The molecule has 0 N–H and O–H groups in total. The van der Waals surface area contributed by atoms with Gasteiger partial charge in [-0.25, -0.2) is 0 Å². The first kappa shape index (κ1) is 51.9. The van der Waals surface area contributed by atoms with E-state index in [0.29, 0.717) is 0 Å². The van der Waals surface area contributed by atoms with Crippen molar-refractivity contribution in [2.45, 2.75) is 50.4 Å². The van der Waals surface area contributed by atoms with Gasteiger partial charge in [0.05, 0.1) is 16.4 Å². The second kappa shape index (κ2) is 22.6. The number of rotatable bonds is 17. The van der Waals surface area contributed by atoms with Crippen LogP contribution in [-0.2, 0) is 0 Å². The monoisotopic (exact) mass is 1070 g/mol. The Bertz CT molecular complexity index is 4190. The second-order valence-corrected chi connectivity index (χ2v) is 25.9. The first-order chi connectivity index (χ1) is 40.5. The highest BCUT2D eigenvalue weighted by molar-refractivity contribution is 7.16. The quantitative estimate of drug-likeness (QED) is 0.0503. The molecule has 82 heavy (non-hydrogen) atoms. The van der Waals surface area contributed by atoms with Gasteiger partial charge in [-0.1, -0.05) is 219 Å². The van der Waals surface area contributed by atoms with E-state index < -0.39 is 8.07 Å². The fraction of sp³-hybridized carbons (Fsp3) is 0.103. The molecule has 3 aliphatic rings. The highest BCUT2D eigenvalue weighted by Crippen LogP contribution is 2.43. The summed E-state index contributed by atoms with van der Waals surface area (Å²) < 4.78 is 4.68. The minimum Gasteiger partial charge on any atom is -0.316 e. The van der Waals surface area contributed by atoms with Gasteiger partial charge >= 0.3 is 0 Å². The molecule has 2 atom stereocenters. The molecule has 398 valence electrons. The molecule has 3 nitrogen and oxygen atoms in total. The lowest BCUT2D eigenvalue weighted by Gasteiger charge is -2.38. The number of allylic oxidation sites excluding steroid dienone is 12. The van der Waals surface area contributed by atoms with Gasteiger partial charge in [-0.05, 0) is 159 Å². The molecule has 0 fully saturated rings. The van der Waals surface area contributed by atoms with Gasteiger partial charge in [0, 0.05) is 57.3 Å². The van der Waals surface area contributed by atoms with Gasteiger partial charge in [-0.15, -0.1) is 13.2 Å². The van der Waals surface area contributed by atoms with Crippen LogP contribution in [0.5, 0.6) is 0 Å². The molecule has 10 aromatic rings. The van der Waals surface area contributed by atoms with Crippen molar-refractivity contribution >= 4 is 75.7 Å². The van der Waals surface area contributed by atoms with E-state index in [4.69, 9.17) is 0 Å². The number of benzene rings is 8. The third-order valence-corrected chi connectivity index (χ3v) is 22.5. The third-order valence-electron chi connectivity index (χ3n) is 17.5. The number of hydrogen-bond acceptors (Lipinski definition) is 1. The van der Waals surface area contributed by atoms with E-state index in [9.17, 15) is 0 Å². The van der Waals surface area contributed by atoms with Crippen LogP contribution in [0.2, 0.25) is 0 Å². The summed E-state index contributed by atoms with van der Waals surface area (Å²) in [4.78, 5) is 2.48. The zero-order valence-electron chi connectivity index (χ0n) is 46.5. The first-order valence-corrected chi connectivity index (χ1v) is 31.0. The Labute approximate surface area is 484 Å². The zero-order valence-corrected chi connectivity index (χ0v) is 47.5. The van der Waals surface area contributed by atoms with Crippen molar-refractivity contribution in [1.82, 2.24) is 9.13 Å². The Kier molecular flexibility index (Phi) is 14.3. The van der Waals surface area contributed by atoms with E-state index in [1.54, 1.807) is 5.20 Å². The normalized spacial score (nSPS) is 15.6. The summed E-state index contributed by atoms with van der Waals surface area (Å²) in [5.41, 5.74) is 16.3. The van der Waals surface area contributed by atoms with Crippen molar-refractivity contribution in [2.75, 3.05) is 4.90 Å². The van der Waals surface area contributed by atoms with Gasteiger partial charge in [0.2, 0.25) is 0 Å². The van der Waals surface area contributed by atoms with Crippen molar-refractivity contribution in [3.8, 4) is 16.8 Å². The van der Waals surface area contributed by atoms with Crippen LogP contribution in [0, 0.1) is 0 Å². The average molecular weight is 1070 g/mol. The van der Waals surface area contributed by atoms with E-state index in [2.05, 4.69) is 301 Å². The first-order valence-electron chi connectivity index (χ1n) is 29.0. The highest BCUT2D eigenvalue weighted by Gasteiger charge is 2.43. The molecule has 2 unspecified atom stereocenters. The van der Waals surface area contributed by atoms with Gasteiger partial charge < -0.3 is 14.0 Å². The smallest absolute Gasteiger partial charge is 0.175 e. The van der Waals surface area contributed by atoms with Crippen LogP contribution in [0.4, 0.5) is 11.4 Å². The molecule has 13 rings (SSSR count). The minimum absolute atomic E-state index is 0.152. The molecular weight excluding hydrogens is 1010 g/mol. The summed E-state index contributed by atoms with van der Waals surface area (Å²) in [6, 6.07) is 78.8. The summed E-state index contributed by atoms with van der Waals surface area (Å²) >= 11 is 0. The predicted octanol–water partition coefficient (Wildman–Crippen LogP) is 16.6. The van der Waals surface area contributed by atoms with Gasteiger partial charge in [-0.3, -0.25) is 0 Å². The third kappa shape index (κ3) is 9.29. The Morgan fingerprint density at radius 2 is 1.12 bits per heavy atom. The van der Waals surface area contributed by atoms with E-state index in [-0.39, 0.29) is 11.8 Å². The summed E-state index contributed by atoms with van der Waals surface area (Å²) in [6.45, 7) is 16.9. The predicted molar refractivity (Wildman–Crippen MR) is 353 cm³/mol. The molecule has 0 bridgehead atoms. The number of nitrogens with zero attached hydrogens (tertiary/aromatic N) is 3. The molecule has 0 spiro atoms. The van der Waals surface area contributed by atoms with Crippen molar-refractivity contribution in [3.05, 3.63) is 330 Å². The number of para-hydroxylation sites is 2. The van der Waals surface area contributed by atoms with Crippen LogP contribution < -0.4 is 31.0 Å². The van der Waals surface area contributed by atoms with Crippen LogP contribution in [0.25, 0.3) is 57.5 Å². The number of fused-ring (bicyclic) bond motifs is 6. The van der Waals surface area contributed by atoms with Crippen molar-refractivity contribution < 1.29 is 0 Å². The largest absolute Gasteiger partial charge is 0.316 e. The van der Waals surface area contributed by atoms with Crippen LogP contribution in [0.3, 0.4) is 0 Å². The van der Waals surface area contributed by atoms with Crippen LogP contribution in [0.15, 0.2) is 303 Å². The molecule has 0 saturated heterocycles. The Morgan fingerprint density at radius 1 is 0.561 bits per heavy atom. The molecule has 4 heteroatoms. The number of anilines is 2. The molecule has 2 aliphatic carbocycles. The molecule has 2 aromatic heterocycles. The van der Waals surface area contributed by atoms with Crippen molar-refractivity contribution in [2.24, 2.45) is 0 Å². The summed E-state index contributed by atoms with van der Waals surface area (Å²) in [5.74, 6) is 0.362. The van der Waals surface area contributed by atoms with Crippen LogP contribution in [-0.4, -0.2) is 17.2 Å². The standard InChI is InChI=1S/C78H67N3Si/c1-5-22-70-73-55-62(43-52-77(73)81-74(23-6-2)56(4)54-78(70)81)61-39-48-65(49-40-61)80(63-44-35-58(36-45-63)57(7-3)24-21-53-79-75-33-19-17-31-71(75)72-32-18-20-34-76(72)79)64-46-37-59(38-47-64)60-41-50-69(51-42-60)82(66-25-11-8-12-26-66,67-27-13-9-14-28-67)68-29-15-10-16-30-68/h5-21,23,25-37,39-41,43-46,48-50,52-55,57,70H,1-4,22,24,38,42,47,51H2/b53-21+,74-23+. The van der Waals surface area contributed by atoms with Crippen LogP contribution in [0.1, 0.15) is 67.2 Å². The SMILES string of the molecule is C=C/C=c1\c(=C)cc2n1-c1ccc(-c3ccc(N(C4=CC=C(C5=CC=C([Si](c6ccccc6)(c6ccccc6)c6ccccc6)CC5)CC4)c4ccc(C(C=C)C/C=C/n5c6ccccc6c6ccccc65)cc4)cc3)cc1C2CC=C. The maximum atomic E-state index is 4.38. The lowest BCUT2D eigenvalue weighted by Crippen LogP contribution is -2.68. The number of hydrogen-bond donors (Lipinski definition) is 0. The van der Waals surface area contributed by atoms with Gasteiger partial charge in [-0.2, -0.15) is 0 Å². The average Bonchev–Trinajstić information content (AvgIpc) is 4.31. The summed E-state index contributed by atoms with van der Waals surface area (Å²) in [6.07, 6.45) is 27.9. The maximum absolute atomic E-state index is 4.38. The topological polar surface area (TPSA) is 13.1 Å². The van der Waals surface area contributed by atoms with Crippen molar-refractivity contribution in [3.63, 3.8) is 0 Å². The van der Waals surface area contributed by atoms with Gasteiger partial charge in [0.15, 0.2) is 8.07 Å². The lowest BCUT2D eigenvalue weighted by atomic mass is 9.90. The fourth-order valence-electron chi connectivity index (χ4n) is 13.6. The van der Waals surface area contributed by atoms with E-state index >= 15 is 0 Å².